The number of hydrogen-bond acceptors (Lipinski definition) is 6. The summed E-state index contributed by atoms with van der Waals surface area (Å²) < 4.78 is 4.82. The van der Waals surface area contributed by atoms with Crippen molar-refractivity contribution in [3.05, 3.63) is 52.0 Å². The molecule has 6 nitrogen and oxygen atoms in total. The molecule has 1 amide bonds. The molecule has 0 fully saturated rings. The summed E-state index contributed by atoms with van der Waals surface area (Å²) >= 11 is 1.07. The Bertz CT molecular complexity index is 712. The van der Waals surface area contributed by atoms with Gasteiger partial charge in [0.25, 0.3) is 5.91 Å². The molecule has 0 N–H and O–H groups in total. The van der Waals surface area contributed by atoms with E-state index in [-0.39, 0.29) is 29.5 Å². The summed E-state index contributed by atoms with van der Waals surface area (Å²) in [5.74, 6) is -1.25. The van der Waals surface area contributed by atoms with Crippen LogP contribution in [0.2, 0.25) is 0 Å². The van der Waals surface area contributed by atoms with Gasteiger partial charge >= 0.3 is 5.97 Å². The number of carbonyl (C=O) groups is 3. The number of thiazole rings is 1. The number of amides is 1. The maximum absolute atomic E-state index is 12.5. The maximum atomic E-state index is 12.5. The van der Waals surface area contributed by atoms with Crippen molar-refractivity contribution in [2.45, 2.75) is 6.92 Å². The monoisotopic (exact) mass is 332 g/mol. The van der Waals surface area contributed by atoms with Crippen molar-refractivity contribution in [2.24, 2.45) is 0 Å². The van der Waals surface area contributed by atoms with Gasteiger partial charge in [-0.15, -0.1) is 11.3 Å². The average molecular weight is 332 g/mol. The van der Waals surface area contributed by atoms with Crippen LogP contribution in [0.5, 0.6) is 0 Å². The van der Waals surface area contributed by atoms with Gasteiger partial charge in [0.05, 0.1) is 12.1 Å². The molecule has 0 spiro atoms. The zero-order valence-electron chi connectivity index (χ0n) is 12.8. The quantitative estimate of drug-likeness (QED) is 0.597. The molecule has 23 heavy (non-hydrogen) atoms. The minimum absolute atomic E-state index is 0.0990. The summed E-state index contributed by atoms with van der Waals surface area (Å²) in [6, 6.07) is 8.62. The number of aromatic nitrogens is 1. The van der Waals surface area contributed by atoms with E-state index in [2.05, 4.69) is 4.98 Å². The Hall–Kier alpha value is -2.54. The third kappa shape index (κ3) is 4.01. The first kappa shape index (κ1) is 16.8. The van der Waals surface area contributed by atoms with Crippen molar-refractivity contribution < 1.29 is 19.1 Å². The Balaban J connectivity index is 2.19. The van der Waals surface area contributed by atoms with Crippen LogP contribution in [-0.4, -0.2) is 47.7 Å². The summed E-state index contributed by atoms with van der Waals surface area (Å²) in [7, 11) is 1.48. The van der Waals surface area contributed by atoms with Gasteiger partial charge < -0.3 is 9.64 Å². The molecule has 1 aromatic carbocycles. The maximum Gasteiger partial charge on any atom is 0.325 e. The summed E-state index contributed by atoms with van der Waals surface area (Å²) in [5.41, 5.74) is 2.00. The Morgan fingerprint density at radius 2 is 1.91 bits per heavy atom. The molecule has 1 aromatic heterocycles. The van der Waals surface area contributed by atoms with Gasteiger partial charge in [0.1, 0.15) is 17.1 Å². The van der Waals surface area contributed by atoms with Gasteiger partial charge in [0, 0.05) is 12.6 Å². The molecule has 0 aliphatic carbocycles. The molecule has 120 valence electrons. The predicted molar refractivity (Wildman–Crippen MR) is 85.6 cm³/mol. The predicted octanol–water partition coefficient (Wildman–Crippen LogP) is 2.01. The van der Waals surface area contributed by atoms with E-state index in [0.717, 1.165) is 11.3 Å². The molecule has 0 aliphatic heterocycles. The lowest BCUT2D eigenvalue weighted by molar-refractivity contribution is -0.143. The van der Waals surface area contributed by atoms with Gasteiger partial charge in [0.15, 0.2) is 0 Å². The first-order chi connectivity index (χ1) is 11.0. The van der Waals surface area contributed by atoms with Gasteiger partial charge in [-0.3, -0.25) is 14.4 Å². The molecule has 0 radical (unpaired) electrons. The lowest BCUT2D eigenvalue weighted by Gasteiger charge is -2.15. The highest BCUT2D eigenvalue weighted by atomic mass is 32.1. The van der Waals surface area contributed by atoms with E-state index in [1.54, 1.807) is 37.3 Å². The Kier molecular flexibility index (Phi) is 5.59. The first-order valence-corrected chi connectivity index (χ1v) is 7.86. The Morgan fingerprint density at radius 3 is 2.57 bits per heavy atom. The van der Waals surface area contributed by atoms with Crippen LogP contribution in [0.25, 0.3) is 0 Å². The fourth-order valence-corrected chi connectivity index (χ4v) is 2.71. The van der Waals surface area contributed by atoms with E-state index < -0.39 is 11.9 Å². The van der Waals surface area contributed by atoms with Crippen LogP contribution in [0.15, 0.2) is 35.8 Å². The highest BCUT2D eigenvalue weighted by Gasteiger charge is 2.25. The number of rotatable bonds is 6. The number of ketones is 1. The molecule has 0 saturated carbocycles. The summed E-state index contributed by atoms with van der Waals surface area (Å²) in [6.07, 6.45) is 0. The van der Waals surface area contributed by atoms with Crippen LogP contribution in [-0.2, 0) is 9.53 Å². The lowest BCUT2D eigenvalue weighted by Crippen LogP contribution is -2.33. The molecule has 1 heterocycles. The third-order valence-corrected chi connectivity index (χ3v) is 3.85. The number of ether oxygens (including phenoxy) is 1. The minimum atomic E-state index is -0.496. The summed E-state index contributed by atoms with van der Waals surface area (Å²) in [4.78, 5) is 41.8. The van der Waals surface area contributed by atoms with Crippen LogP contribution in [0.1, 0.15) is 32.6 Å². The smallest absolute Gasteiger partial charge is 0.325 e. The molecule has 0 saturated heterocycles. The zero-order valence-corrected chi connectivity index (χ0v) is 13.6. The van der Waals surface area contributed by atoms with Crippen LogP contribution in [0.4, 0.5) is 0 Å². The van der Waals surface area contributed by atoms with Crippen LogP contribution < -0.4 is 0 Å². The second-order valence-electron chi connectivity index (χ2n) is 4.69. The van der Waals surface area contributed by atoms with E-state index in [9.17, 15) is 14.4 Å². The number of nitrogens with zero attached hydrogens (tertiary/aromatic N) is 2. The van der Waals surface area contributed by atoms with Crippen molar-refractivity contribution >= 4 is 29.0 Å². The number of esters is 1. The summed E-state index contributed by atoms with van der Waals surface area (Å²) in [6.45, 7) is 1.77. The van der Waals surface area contributed by atoms with Crippen LogP contribution in [0.3, 0.4) is 0 Å². The van der Waals surface area contributed by atoms with E-state index >= 15 is 0 Å². The van der Waals surface area contributed by atoms with Crippen LogP contribution in [0, 0.1) is 0 Å². The third-order valence-electron chi connectivity index (χ3n) is 3.03. The highest BCUT2D eigenvalue weighted by Crippen LogP contribution is 2.19. The van der Waals surface area contributed by atoms with Crippen molar-refractivity contribution in [3.8, 4) is 0 Å². The molecule has 0 bridgehead atoms. The number of hydrogen-bond donors (Lipinski definition) is 0. The van der Waals surface area contributed by atoms with Gasteiger partial charge in [-0.25, -0.2) is 4.98 Å². The van der Waals surface area contributed by atoms with E-state index in [1.807, 2.05) is 0 Å². The average Bonchev–Trinajstić information content (AvgIpc) is 3.03. The fourth-order valence-electron chi connectivity index (χ4n) is 1.93. The number of likely N-dealkylation sites (N-methyl/N-ethyl adjacent to an activating group) is 1. The Morgan fingerprint density at radius 1 is 1.22 bits per heavy atom. The highest BCUT2D eigenvalue weighted by molar-refractivity contribution is 7.12. The molecule has 2 rings (SSSR count). The van der Waals surface area contributed by atoms with E-state index in [4.69, 9.17) is 4.74 Å². The first-order valence-electron chi connectivity index (χ1n) is 6.99. The van der Waals surface area contributed by atoms with Crippen molar-refractivity contribution in [2.75, 3.05) is 20.2 Å². The van der Waals surface area contributed by atoms with E-state index in [0.29, 0.717) is 5.56 Å². The molecule has 0 unspecified atom stereocenters. The molecular formula is C16H16N2O4S. The second kappa shape index (κ2) is 7.64. The Labute approximate surface area is 137 Å². The second-order valence-corrected chi connectivity index (χ2v) is 5.55. The van der Waals surface area contributed by atoms with Gasteiger partial charge in [-0.1, -0.05) is 30.3 Å². The zero-order chi connectivity index (χ0) is 16.8. The largest absolute Gasteiger partial charge is 0.465 e. The minimum Gasteiger partial charge on any atom is -0.465 e. The topological polar surface area (TPSA) is 76.6 Å². The van der Waals surface area contributed by atoms with Gasteiger partial charge in [0.2, 0.25) is 5.78 Å². The lowest BCUT2D eigenvalue weighted by atomic mass is 10.1. The molecular weight excluding hydrogens is 316 g/mol. The number of carbonyl (C=O) groups excluding carboxylic acids is 3. The van der Waals surface area contributed by atoms with Crippen molar-refractivity contribution in [1.82, 2.24) is 9.88 Å². The van der Waals surface area contributed by atoms with Crippen LogP contribution >= 0.6 is 11.3 Å². The molecule has 7 heteroatoms. The molecule has 0 atom stereocenters. The fraction of sp³-hybridized carbons (Fsp3) is 0.250. The van der Waals surface area contributed by atoms with Crippen molar-refractivity contribution in [3.63, 3.8) is 0 Å². The van der Waals surface area contributed by atoms with Gasteiger partial charge in [-0.05, 0) is 6.92 Å². The standard InChI is InChI=1S/C16H16N2O4S/c1-3-22-12(19)9-18(2)16(21)15-13(17-10-23-15)14(20)11-7-5-4-6-8-11/h4-8,10H,3,9H2,1-2H3. The molecule has 2 aromatic rings. The van der Waals surface area contributed by atoms with Crippen molar-refractivity contribution in [1.29, 1.82) is 0 Å². The number of benzene rings is 1. The summed E-state index contributed by atoms with van der Waals surface area (Å²) in [5, 5.41) is 0. The molecule has 0 aliphatic rings. The van der Waals surface area contributed by atoms with Gasteiger partial charge in [-0.2, -0.15) is 0 Å². The van der Waals surface area contributed by atoms with E-state index in [1.165, 1.54) is 17.5 Å². The normalized spacial score (nSPS) is 10.2. The SMILES string of the molecule is CCOC(=O)CN(C)C(=O)c1scnc1C(=O)c1ccccc1.